The third kappa shape index (κ3) is 2.36. The molecule has 0 aromatic carbocycles. The molecular weight excluding hydrogens is 166 g/mol. The van der Waals surface area contributed by atoms with Gasteiger partial charge in [-0.25, -0.2) is 0 Å². The summed E-state index contributed by atoms with van der Waals surface area (Å²) in [6.07, 6.45) is 1.94. The average Bonchev–Trinajstić information content (AvgIpc) is 2.48. The van der Waals surface area contributed by atoms with E-state index in [-0.39, 0.29) is 18.6 Å². The minimum Gasteiger partial charge on any atom is -0.396 e. The lowest BCUT2D eigenvalue weighted by molar-refractivity contribution is 0.213. The van der Waals surface area contributed by atoms with Gasteiger partial charge in [-0.05, 0) is 36.1 Å². The second-order valence-electron chi connectivity index (χ2n) is 4.19. The summed E-state index contributed by atoms with van der Waals surface area (Å²) in [7, 11) is 0. The van der Waals surface area contributed by atoms with Crippen LogP contribution in [0.25, 0.3) is 10.4 Å². The summed E-state index contributed by atoms with van der Waals surface area (Å²) in [5.41, 5.74) is 8.34. The lowest BCUT2D eigenvalue weighted by Crippen LogP contribution is -2.14. The van der Waals surface area contributed by atoms with Crippen LogP contribution in [0.2, 0.25) is 0 Å². The summed E-state index contributed by atoms with van der Waals surface area (Å²) in [4.78, 5) is 2.82. The van der Waals surface area contributed by atoms with Gasteiger partial charge in [0.1, 0.15) is 0 Å². The third-order valence-electron chi connectivity index (χ3n) is 3.07. The molecule has 1 rings (SSSR count). The van der Waals surface area contributed by atoms with Crippen molar-refractivity contribution in [1.82, 2.24) is 0 Å². The SMILES string of the molecule is CC(C)[C@@H]1C[C@H](CO)[C@@H](N=[N+]=[N-])C1. The maximum atomic E-state index is 9.08. The summed E-state index contributed by atoms with van der Waals surface area (Å²) < 4.78 is 0. The largest absolute Gasteiger partial charge is 0.396 e. The van der Waals surface area contributed by atoms with Crippen LogP contribution in [0.15, 0.2) is 5.11 Å². The quantitative estimate of drug-likeness (QED) is 0.407. The van der Waals surface area contributed by atoms with Crippen molar-refractivity contribution in [2.24, 2.45) is 22.9 Å². The number of nitrogens with zero attached hydrogens (tertiary/aromatic N) is 3. The predicted molar refractivity (Wildman–Crippen MR) is 51.1 cm³/mol. The standard InChI is InChI=1S/C9H17N3O/c1-6(2)7-3-8(5-13)9(4-7)11-12-10/h6-9,13H,3-5H2,1-2H3/t7-,8-,9+/m1/s1. The van der Waals surface area contributed by atoms with Crippen LogP contribution >= 0.6 is 0 Å². The van der Waals surface area contributed by atoms with Gasteiger partial charge in [-0.2, -0.15) is 0 Å². The molecule has 0 radical (unpaired) electrons. The Morgan fingerprint density at radius 1 is 1.54 bits per heavy atom. The highest BCUT2D eigenvalue weighted by Crippen LogP contribution is 2.37. The zero-order chi connectivity index (χ0) is 9.84. The van der Waals surface area contributed by atoms with Crippen molar-refractivity contribution >= 4 is 0 Å². The molecule has 0 aliphatic heterocycles. The van der Waals surface area contributed by atoms with Crippen molar-refractivity contribution < 1.29 is 5.11 Å². The van der Waals surface area contributed by atoms with Gasteiger partial charge in [0, 0.05) is 17.6 Å². The first-order valence-corrected chi connectivity index (χ1v) is 4.84. The first-order valence-electron chi connectivity index (χ1n) is 4.84. The van der Waals surface area contributed by atoms with Gasteiger partial charge in [-0.3, -0.25) is 0 Å². The van der Waals surface area contributed by atoms with Crippen LogP contribution in [0.1, 0.15) is 26.7 Å². The Kier molecular flexibility index (Phi) is 3.58. The summed E-state index contributed by atoms with van der Waals surface area (Å²) in [6.45, 7) is 4.50. The Morgan fingerprint density at radius 3 is 2.69 bits per heavy atom. The van der Waals surface area contributed by atoms with Gasteiger partial charge < -0.3 is 5.11 Å². The molecule has 0 saturated heterocycles. The topological polar surface area (TPSA) is 69.0 Å². The van der Waals surface area contributed by atoms with Crippen molar-refractivity contribution in [1.29, 1.82) is 0 Å². The minimum absolute atomic E-state index is 0.0161. The molecule has 74 valence electrons. The lowest BCUT2D eigenvalue weighted by Gasteiger charge is -2.13. The lowest BCUT2D eigenvalue weighted by atomic mass is 9.93. The van der Waals surface area contributed by atoms with Gasteiger partial charge in [0.2, 0.25) is 0 Å². The van der Waals surface area contributed by atoms with Crippen LogP contribution < -0.4 is 0 Å². The molecule has 0 spiro atoms. The van der Waals surface area contributed by atoms with Crippen LogP contribution in [-0.4, -0.2) is 17.8 Å². The van der Waals surface area contributed by atoms with Gasteiger partial charge >= 0.3 is 0 Å². The van der Waals surface area contributed by atoms with E-state index in [0.29, 0.717) is 11.8 Å². The highest BCUT2D eigenvalue weighted by atomic mass is 16.3. The van der Waals surface area contributed by atoms with E-state index in [0.717, 1.165) is 12.8 Å². The molecule has 4 heteroatoms. The first kappa shape index (κ1) is 10.4. The number of azide groups is 1. The van der Waals surface area contributed by atoms with E-state index in [1.54, 1.807) is 0 Å². The molecule has 1 N–H and O–H groups in total. The number of aliphatic hydroxyl groups excluding tert-OH is 1. The normalized spacial score (nSPS) is 33.4. The maximum Gasteiger partial charge on any atom is 0.0463 e. The first-order chi connectivity index (χ1) is 6.19. The Hall–Kier alpha value is -0.730. The smallest absolute Gasteiger partial charge is 0.0463 e. The zero-order valence-electron chi connectivity index (χ0n) is 8.22. The Bertz CT molecular complexity index is 211. The van der Waals surface area contributed by atoms with Gasteiger partial charge in [0.15, 0.2) is 0 Å². The number of hydrogen-bond acceptors (Lipinski definition) is 2. The molecule has 0 unspecified atom stereocenters. The highest BCUT2D eigenvalue weighted by Gasteiger charge is 2.34. The maximum absolute atomic E-state index is 9.08. The summed E-state index contributed by atoms with van der Waals surface area (Å²) in [5, 5.41) is 12.8. The second kappa shape index (κ2) is 4.49. The summed E-state index contributed by atoms with van der Waals surface area (Å²) >= 11 is 0. The molecule has 0 amide bonds. The van der Waals surface area contributed by atoms with E-state index in [1.165, 1.54) is 0 Å². The van der Waals surface area contributed by atoms with Gasteiger partial charge in [0.25, 0.3) is 0 Å². The fourth-order valence-corrected chi connectivity index (χ4v) is 2.09. The fraction of sp³-hybridized carbons (Fsp3) is 1.00. The van der Waals surface area contributed by atoms with Crippen LogP contribution in [-0.2, 0) is 0 Å². The molecule has 1 aliphatic rings. The van der Waals surface area contributed by atoms with Gasteiger partial charge in [-0.1, -0.05) is 19.0 Å². The van der Waals surface area contributed by atoms with Crippen molar-refractivity contribution in [3.05, 3.63) is 10.4 Å². The zero-order valence-corrected chi connectivity index (χ0v) is 8.22. The van der Waals surface area contributed by atoms with Crippen molar-refractivity contribution in [3.63, 3.8) is 0 Å². The molecule has 13 heavy (non-hydrogen) atoms. The van der Waals surface area contributed by atoms with E-state index in [2.05, 4.69) is 23.9 Å². The summed E-state index contributed by atoms with van der Waals surface area (Å²) in [6, 6.07) is 0.0161. The monoisotopic (exact) mass is 183 g/mol. The molecule has 1 fully saturated rings. The molecule has 3 atom stereocenters. The van der Waals surface area contributed by atoms with Gasteiger partial charge in [-0.15, -0.1) is 0 Å². The Balaban J connectivity index is 2.60. The second-order valence-corrected chi connectivity index (χ2v) is 4.19. The van der Waals surface area contributed by atoms with Crippen molar-refractivity contribution in [3.8, 4) is 0 Å². The van der Waals surface area contributed by atoms with E-state index in [9.17, 15) is 0 Å². The molecule has 0 heterocycles. The number of hydrogen-bond donors (Lipinski definition) is 1. The van der Waals surface area contributed by atoms with Crippen LogP contribution in [0, 0.1) is 17.8 Å². The van der Waals surface area contributed by atoms with Crippen LogP contribution in [0.4, 0.5) is 0 Å². The molecule has 1 aliphatic carbocycles. The third-order valence-corrected chi connectivity index (χ3v) is 3.07. The minimum atomic E-state index is 0.0161. The molecular formula is C9H17N3O. The van der Waals surface area contributed by atoms with E-state index in [4.69, 9.17) is 10.6 Å². The molecule has 0 bridgehead atoms. The molecule has 0 aromatic rings. The highest BCUT2D eigenvalue weighted by molar-refractivity contribution is 4.89. The Morgan fingerprint density at radius 2 is 2.23 bits per heavy atom. The molecule has 1 saturated carbocycles. The number of aliphatic hydroxyl groups is 1. The van der Waals surface area contributed by atoms with Gasteiger partial charge in [0.05, 0.1) is 0 Å². The van der Waals surface area contributed by atoms with Crippen LogP contribution in [0.3, 0.4) is 0 Å². The predicted octanol–water partition coefficient (Wildman–Crippen LogP) is 2.34. The fourth-order valence-electron chi connectivity index (χ4n) is 2.09. The summed E-state index contributed by atoms with van der Waals surface area (Å²) in [5.74, 6) is 1.41. The van der Waals surface area contributed by atoms with E-state index >= 15 is 0 Å². The van der Waals surface area contributed by atoms with E-state index in [1.807, 2.05) is 0 Å². The molecule has 4 nitrogen and oxygen atoms in total. The number of rotatable bonds is 3. The van der Waals surface area contributed by atoms with E-state index < -0.39 is 0 Å². The van der Waals surface area contributed by atoms with Crippen LogP contribution in [0.5, 0.6) is 0 Å². The average molecular weight is 183 g/mol. The van der Waals surface area contributed by atoms with Crippen molar-refractivity contribution in [2.45, 2.75) is 32.7 Å². The Labute approximate surface area is 78.6 Å². The van der Waals surface area contributed by atoms with Crippen molar-refractivity contribution in [2.75, 3.05) is 6.61 Å². The molecule has 0 aromatic heterocycles.